The van der Waals surface area contributed by atoms with E-state index in [4.69, 9.17) is 14.5 Å². The van der Waals surface area contributed by atoms with E-state index >= 15 is 0 Å². The first kappa shape index (κ1) is 23.1. The number of fused-ring (bicyclic) bond motifs is 1. The van der Waals surface area contributed by atoms with Crippen LogP contribution < -0.4 is 14.8 Å². The normalized spacial score (nSPS) is 17.2. The first-order valence-corrected chi connectivity index (χ1v) is 13.6. The number of aliphatic hydroxyl groups excluding tert-OH is 1. The number of aryl methyl sites for hydroxylation is 1. The van der Waals surface area contributed by atoms with Crippen LogP contribution in [0.2, 0.25) is 0 Å². The Bertz CT molecular complexity index is 1320. The van der Waals surface area contributed by atoms with Gasteiger partial charge < -0.3 is 19.9 Å². The molecule has 0 saturated heterocycles. The lowest BCUT2D eigenvalue weighted by Crippen LogP contribution is -2.25. The molecule has 2 N–H and O–H groups in total. The van der Waals surface area contributed by atoms with Gasteiger partial charge in [0.05, 0.1) is 23.6 Å². The highest BCUT2D eigenvalue weighted by Gasteiger charge is 2.25. The number of hydrogen-bond donors (Lipinski definition) is 2. The maximum Gasteiger partial charge on any atom is 0.187 e. The van der Waals surface area contributed by atoms with Crippen molar-refractivity contribution < 1.29 is 14.6 Å². The number of anilines is 2. The molecule has 184 valence electrons. The third-order valence-electron chi connectivity index (χ3n) is 6.93. The van der Waals surface area contributed by atoms with Gasteiger partial charge >= 0.3 is 0 Å². The minimum Gasteiger partial charge on any atom is -0.489 e. The molecule has 5 nitrogen and oxygen atoms in total. The van der Waals surface area contributed by atoms with Crippen LogP contribution in [0.5, 0.6) is 11.5 Å². The molecule has 1 saturated carbocycles. The van der Waals surface area contributed by atoms with Crippen molar-refractivity contribution in [3.8, 4) is 22.6 Å². The summed E-state index contributed by atoms with van der Waals surface area (Å²) >= 11 is 1.63. The van der Waals surface area contributed by atoms with Crippen molar-refractivity contribution in [3.05, 3.63) is 88.9 Å². The third kappa shape index (κ3) is 4.97. The number of aliphatic hydroxyl groups is 1. The van der Waals surface area contributed by atoms with Gasteiger partial charge in [0.15, 0.2) is 10.9 Å². The Balaban J connectivity index is 1.26. The number of nitrogens with zero attached hydrogens (tertiary/aromatic N) is 1. The molecule has 2 aliphatic rings. The van der Waals surface area contributed by atoms with Gasteiger partial charge in [-0.3, -0.25) is 0 Å². The van der Waals surface area contributed by atoms with Gasteiger partial charge in [-0.25, -0.2) is 4.98 Å². The Morgan fingerprint density at radius 2 is 1.75 bits per heavy atom. The van der Waals surface area contributed by atoms with E-state index in [0.29, 0.717) is 6.61 Å². The zero-order chi connectivity index (χ0) is 24.3. The number of rotatable bonds is 8. The molecule has 1 unspecified atom stereocenters. The zero-order valence-corrected chi connectivity index (χ0v) is 21.0. The lowest BCUT2D eigenvalue weighted by Gasteiger charge is -2.29. The van der Waals surface area contributed by atoms with Crippen LogP contribution in [0, 0.1) is 0 Å². The second-order valence-corrected chi connectivity index (χ2v) is 10.6. The van der Waals surface area contributed by atoms with E-state index in [1.165, 1.54) is 11.3 Å². The number of benzene rings is 3. The summed E-state index contributed by atoms with van der Waals surface area (Å²) in [6.07, 6.45) is 5.93. The van der Waals surface area contributed by atoms with Crippen LogP contribution in [-0.4, -0.2) is 16.2 Å². The first-order valence-electron chi connectivity index (χ1n) is 12.7. The van der Waals surface area contributed by atoms with Crippen molar-refractivity contribution in [3.63, 3.8) is 0 Å². The van der Waals surface area contributed by atoms with Crippen LogP contribution in [0.3, 0.4) is 0 Å². The van der Waals surface area contributed by atoms with Gasteiger partial charge in [-0.1, -0.05) is 54.6 Å². The Kier molecular flexibility index (Phi) is 6.62. The van der Waals surface area contributed by atoms with E-state index < -0.39 is 6.10 Å². The van der Waals surface area contributed by atoms with Crippen LogP contribution in [0.1, 0.15) is 54.3 Å². The number of nitrogens with one attached hydrogen (secondary N) is 1. The highest BCUT2D eigenvalue weighted by atomic mass is 32.1. The second kappa shape index (κ2) is 10.3. The third-order valence-corrected chi connectivity index (χ3v) is 7.98. The molecular weight excluding hydrogens is 468 g/mol. The van der Waals surface area contributed by atoms with Crippen LogP contribution in [0.4, 0.5) is 10.8 Å². The van der Waals surface area contributed by atoms with Crippen molar-refractivity contribution in [2.45, 2.75) is 57.3 Å². The summed E-state index contributed by atoms with van der Waals surface area (Å²) in [5.74, 6) is 1.69. The molecular formula is C30H30N2O3S. The van der Waals surface area contributed by atoms with Gasteiger partial charge in [0.1, 0.15) is 12.4 Å². The fourth-order valence-corrected chi connectivity index (χ4v) is 5.75. The average Bonchev–Trinajstić information content (AvgIpc) is 3.30. The fraction of sp³-hybridized carbons (Fsp3) is 0.300. The Labute approximate surface area is 215 Å². The monoisotopic (exact) mass is 498 g/mol. The predicted molar refractivity (Wildman–Crippen MR) is 144 cm³/mol. The summed E-state index contributed by atoms with van der Waals surface area (Å²) in [5.41, 5.74) is 5.01. The van der Waals surface area contributed by atoms with E-state index in [9.17, 15) is 5.11 Å². The van der Waals surface area contributed by atoms with Crippen molar-refractivity contribution in [2.24, 2.45) is 0 Å². The van der Waals surface area contributed by atoms with Gasteiger partial charge in [-0.05, 0) is 67.9 Å². The summed E-state index contributed by atoms with van der Waals surface area (Å²) < 4.78 is 12.5. The smallest absolute Gasteiger partial charge is 0.187 e. The molecule has 1 aromatic heterocycles. The van der Waals surface area contributed by atoms with Gasteiger partial charge in [-0.2, -0.15) is 0 Å². The van der Waals surface area contributed by atoms with Crippen LogP contribution in [0.25, 0.3) is 11.1 Å². The molecule has 0 bridgehead atoms. The standard InChI is InChI=1S/C30H30N2O3S/c33-26-13-6-14-27-28(26)32-30(36-27)31-25-12-5-11-24(29(25)35-23-9-4-10-23)21-15-17-22(18-16-21)34-19-20-7-2-1-3-8-20/h1-3,5,7-8,11-12,15-18,23,26,33H,4,6,9-10,13-14,19H2,(H,31,32). The van der Waals surface area contributed by atoms with E-state index in [1.807, 2.05) is 42.5 Å². The minimum absolute atomic E-state index is 0.242. The van der Waals surface area contributed by atoms with E-state index in [2.05, 4.69) is 35.6 Å². The highest BCUT2D eigenvalue weighted by molar-refractivity contribution is 7.15. The molecule has 6 heteroatoms. The molecule has 2 aliphatic carbocycles. The highest BCUT2D eigenvalue weighted by Crippen LogP contribution is 2.43. The summed E-state index contributed by atoms with van der Waals surface area (Å²) in [7, 11) is 0. The van der Waals surface area contributed by atoms with Crippen molar-refractivity contribution in [2.75, 3.05) is 5.32 Å². The lowest BCUT2D eigenvalue weighted by atomic mass is 9.95. The van der Waals surface area contributed by atoms with Crippen LogP contribution in [0.15, 0.2) is 72.8 Å². The molecule has 0 aliphatic heterocycles. The quantitative estimate of drug-likeness (QED) is 0.264. The number of thiazole rings is 1. The van der Waals surface area contributed by atoms with Gasteiger partial charge in [-0.15, -0.1) is 11.3 Å². The van der Waals surface area contributed by atoms with E-state index in [0.717, 1.165) is 76.8 Å². The summed E-state index contributed by atoms with van der Waals surface area (Å²) in [4.78, 5) is 5.91. The Morgan fingerprint density at radius 3 is 2.50 bits per heavy atom. The minimum atomic E-state index is -0.458. The van der Waals surface area contributed by atoms with Crippen LogP contribution >= 0.6 is 11.3 Å². The molecule has 0 radical (unpaired) electrons. The molecule has 0 spiro atoms. The Hall–Kier alpha value is -3.35. The summed E-state index contributed by atoms with van der Waals surface area (Å²) in [6.45, 7) is 0.544. The van der Waals surface area contributed by atoms with Crippen molar-refractivity contribution in [1.29, 1.82) is 0 Å². The predicted octanol–water partition coefficient (Wildman–Crippen LogP) is 7.43. The average molecular weight is 499 g/mol. The molecule has 1 heterocycles. The van der Waals surface area contributed by atoms with E-state index in [1.54, 1.807) is 11.3 Å². The molecule has 0 amide bonds. The van der Waals surface area contributed by atoms with Gasteiger partial charge in [0.2, 0.25) is 0 Å². The zero-order valence-electron chi connectivity index (χ0n) is 20.2. The van der Waals surface area contributed by atoms with Crippen molar-refractivity contribution >= 4 is 22.2 Å². The number of hydrogen-bond acceptors (Lipinski definition) is 6. The molecule has 6 rings (SSSR count). The largest absolute Gasteiger partial charge is 0.489 e. The lowest BCUT2D eigenvalue weighted by molar-refractivity contribution is 0.122. The topological polar surface area (TPSA) is 63.6 Å². The second-order valence-electron chi connectivity index (χ2n) is 9.51. The van der Waals surface area contributed by atoms with Crippen molar-refractivity contribution in [1.82, 2.24) is 4.98 Å². The van der Waals surface area contributed by atoms with Gasteiger partial charge in [0, 0.05) is 10.4 Å². The maximum atomic E-state index is 10.4. The SMILES string of the molecule is OC1CCCc2sc(Nc3cccc(-c4ccc(OCc5ccccc5)cc4)c3OC3CCC3)nc21. The van der Waals surface area contributed by atoms with Gasteiger partial charge in [0.25, 0.3) is 0 Å². The molecule has 1 fully saturated rings. The van der Waals surface area contributed by atoms with E-state index in [-0.39, 0.29) is 6.10 Å². The molecule has 36 heavy (non-hydrogen) atoms. The number of ether oxygens (including phenoxy) is 2. The fourth-order valence-electron chi connectivity index (χ4n) is 4.68. The molecule has 1 atom stereocenters. The molecule has 3 aromatic carbocycles. The van der Waals surface area contributed by atoms with Crippen LogP contribution in [-0.2, 0) is 13.0 Å². The Morgan fingerprint density at radius 1 is 0.917 bits per heavy atom. The number of para-hydroxylation sites is 1. The molecule has 4 aromatic rings. The maximum absolute atomic E-state index is 10.4. The number of aromatic nitrogens is 1. The first-order chi connectivity index (χ1) is 17.7. The summed E-state index contributed by atoms with van der Waals surface area (Å²) in [5, 5.41) is 14.7. The summed E-state index contributed by atoms with van der Waals surface area (Å²) in [6, 6.07) is 24.6.